The van der Waals surface area contributed by atoms with E-state index in [-0.39, 0.29) is 5.91 Å². The molecule has 0 spiro atoms. The summed E-state index contributed by atoms with van der Waals surface area (Å²) >= 11 is 0. The third-order valence-electron chi connectivity index (χ3n) is 2.37. The number of carbonyl (C=O) groups excluding carboxylic acids is 2. The highest BCUT2D eigenvalue weighted by Gasteiger charge is 2.19. The monoisotopic (exact) mass is 229 g/mol. The highest BCUT2D eigenvalue weighted by atomic mass is 16.6. The zero-order valence-corrected chi connectivity index (χ0v) is 8.98. The molecule has 1 fully saturated rings. The largest absolute Gasteiger partial charge is 0.350 e. The zero-order chi connectivity index (χ0) is 12.0. The van der Waals surface area contributed by atoms with Gasteiger partial charge in [0.1, 0.15) is 0 Å². The van der Waals surface area contributed by atoms with Crippen molar-refractivity contribution in [3.05, 3.63) is 10.1 Å². The van der Waals surface area contributed by atoms with E-state index in [1.54, 1.807) is 4.90 Å². The summed E-state index contributed by atoms with van der Waals surface area (Å²) in [6, 6.07) is 0. The molecule has 0 radical (unpaired) electrons. The van der Waals surface area contributed by atoms with E-state index in [9.17, 15) is 19.7 Å². The van der Waals surface area contributed by atoms with Gasteiger partial charge in [0.05, 0.1) is 0 Å². The SMILES string of the molecule is O=C(C[N+](=O)[O-])NCCCN1CCCC1=O. The molecule has 2 amide bonds. The molecule has 0 aromatic rings. The maximum Gasteiger partial charge on any atom is 0.291 e. The lowest BCUT2D eigenvalue weighted by molar-refractivity contribution is -0.467. The number of hydrogen-bond donors (Lipinski definition) is 1. The smallest absolute Gasteiger partial charge is 0.291 e. The molecule has 0 bridgehead atoms. The van der Waals surface area contributed by atoms with Gasteiger partial charge in [0.2, 0.25) is 5.91 Å². The molecule has 90 valence electrons. The first kappa shape index (κ1) is 12.4. The van der Waals surface area contributed by atoms with Gasteiger partial charge in [-0.1, -0.05) is 0 Å². The molecule has 1 N–H and O–H groups in total. The van der Waals surface area contributed by atoms with Gasteiger partial charge in [0.15, 0.2) is 0 Å². The number of carbonyl (C=O) groups is 2. The predicted molar refractivity (Wildman–Crippen MR) is 55.3 cm³/mol. The molecule has 0 aliphatic carbocycles. The fourth-order valence-corrected chi connectivity index (χ4v) is 1.61. The molecule has 7 nitrogen and oxygen atoms in total. The fourth-order valence-electron chi connectivity index (χ4n) is 1.61. The van der Waals surface area contributed by atoms with Gasteiger partial charge in [-0.15, -0.1) is 0 Å². The minimum absolute atomic E-state index is 0.150. The Hall–Kier alpha value is -1.66. The van der Waals surface area contributed by atoms with E-state index < -0.39 is 17.4 Å². The summed E-state index contributed by atoms with van der Waals surface area (Å²) in [5, 5.41) is 12.4. The van der Waals surface area contributed by atoms with Gasteiger partial charge < -0.3 is 10.2 Å². The molecule has 1 aliphatic rings. The molecular weight excluding hydrogens is 214 g/mol. The molecule has 0 atom stereocenters. The van der Waals surface area contributed by atoms with Crippen molar-refractivity contribution in [2.45, 2.75) is 19.3 Å². The number of amides is 2. The van der Waals surface area contributed by atoms with Crippen LogP contribution in [0.5, 0.6) is 0 Å². The van der Waals surface area contributed by atoms with Gasteiger partial charge in [-0.25, -0.2) is 0 Å². The van der Waals surface area contributed by atoms with E-state index in [1.807, 2.05) is 0 Å². The van der Waals surface area contributed by atoms with Crippen LogP contribution in [0.2, 0.25) is 0 Å². The molecule has 0 saturated carbocycles. The third-order valence-corrected chi connectivity index (χ3v) is 2.37. The van der Waals surface area contributed by atoms with Crippen LogP contribution in [0.3, 0.4) is 0 Å². The summed E-state index contributed by atoms with van der Waals surface area (Å²) in [6.45, 7) is 1.07. The van der Waals surface area contributed by atoms with Gasteiger partial charge in [-0.3, -0.25) is 19.7 Å². The summed E-state index contributed by atoms with van der Waals surface area (Å²) < 4.78 is 0. The molecule has 1 aliphatic heterocycles. The van der Waals surface area contributed by atoms with Gasteiger partial charge in [-0.2, -0.15) is 0 Å². The van der Waals surface area contributed by atoms with Crippen LogP contribution in [0.4, 0.5) is 0 Å². The van der Waals surface area contributed by atoms with Gasteiger partial charge in [-0.05, 0) is 12.8 Å². The maximum atomic E-state index is 11.2. The van der Waals surface area contributed by atoms with Crippen LogP contribution in [-0.4, -0.2) is 47.8 Å². The van der Waals surface area contributed by atoms with E-state index in [4.69, 9.17) is 0 Å². The van der Waals surface area contributed by atoms with Crippen LogP contribution >= 0.6 is 0 Å². The fraction of sp³-hybridized carbons (Fsp3) is 0.778. The van der Waals surface area contributed by atoms with Crippen molar-refractivity contribution < 1.29 is 14.5 Å². The lowest BCUT2D eigenvalue weighted by Crippen LogP contribution is -2.33. The number of rotatable bonds is 6. The van der Waals surface area contributed by atoms with Gasteiger partial charge >= 0.3 is 0 Å². The Kier molecular flexibility index (Phi) is 4.68. The lowest BCUT2D eigenvalue weighted by atomic mass is 10.4. The first-order valence-electron chi connectivity index (χ1n) is 5.26. The van der Waals surface area contributed by atoms with E-state index >= 15 is 0 Å². The second-order valence-electron chi connectivity index (χ2n) is 3.68. The third kappa shape index (κ3) is 4.24. The minimum atomic E-state index is -0.692. The second-order valence-corrected chi connectivity index (χ2v) is 3.68. The van der Waals surface area contributed by atoms with E-state index in [0.29, 0.717) is 25.9 Å². The van der Waals surface area contributed by atoms with Crippen LogP contribution in [0, 0.1) is 10.1 Å². The minimum Gasteiger partial charge on any atom is -0.350 e. The summed E-state index contributed by atoms with van der Waals surface area (Å²) in [7, 11) is 0. The lowest BCUT2D eigenvalue weighted by Gasteiger charge is -2.14. The van der Waals surface area contributed by atoms with E-state index in [0.717, 1.165) is 13.0 Å². The maximum absolute atomic E-state index is 11.2. The Balaban J connectivity index is 2.05. The van der Waals surface area contributed by atoms with E-state index in [1.165, 1.54) is 0 Å². The van der Waals surface area contributed by atoms with Crippen molar-refractivity contribution in [3.8, 4) is 0 Å². The quantitative estimate of drug-likeness (QED) is 0.373. The van der Waals surface area contributed by atoms with Gasteiger partial charge in [0, 0.05) is 31.0 Å². The molecule has 0 aromatic carbocycles. The van der Waals surface area contributed by atoms with Crippen LogP contribution < -0.4 is 5.32 Å². The van der Waals surface area contributed by atoms with Crippen molar-refractivity contribution in [2.24, 2.45) is 0 Å². The van der Waals surface area contributed by atoms with Crippen molar-refractivity contribution in [2.75, 3.05) is 26.2 Å². The Labute approximate surface area is 92.9 Å². The first-order chi connectivity index (χ1) is 7.59. The molecule has 1 saturated heterocycles. The molecule has 0 aromatic heterocycles. The summed E-state index contributed by atoms with van der Waals surface area (Å²) in [5.74, 6) is -0.436. The second kappa shape index (κ2) is 6.04. The Morgan fingerprint density at radius 2 is 2.31 bits per heavy atom. The summed E-state index contributed by atoms with van der Waals surface area (Å²) in [4.78, 5) is 33.1. The molecule has 1 heterocycles. The van der Waals surface area contributed by atoms with Crippen molar-refractivity contribution in [1.82, 2.24) is 10.2 Å². The summed E-state index contributed by atoms with van der Waals surface area (Å²) in [6.07, 6.45) is 2.13. The Morgan fingerprint density at radius 3 is 2.88 bits per heavy atom. The van der Waals surface area contributed by atoms with Crippen molar-refractivity contribution >= 4 is 11.8 Å². The number of nitrogens with zero attached hydrogens (tertiary/aromatic N) is 2. The van der Waals surface area contributed by atoms with E-state index in [2.05, 4.69) is 5.32 Å². The van der Waals surface area contributed by atoms with Crippen LogP contribution in [-0.2, 0) is 9.59 Å². The topological polar surface area (TPSA) is 92.5 Å². The normalized spacial score (nSPS) is 15.2. The van der Waals surface area contributed by atoms with Crippen LogP contribution in [0.25, 0.3) is 0 Å². The Morgan fingerprint density at radius 1 is 1.56 bits per heavy atom. The average Bonchev–Trinajstić information content (AvgIpc) is 2.58. The molecule has 16 heavy (non-hydrogen) atoms. The standard InChI is InChI=1S/C9H15N3O4/c13-8(7-12(15)16)10-4-2-6-11-5-1-3-9(11)14/h1-7H2,(H,10,13). The highest BCUT2D eigenvalue weighted by Crippen LogP contribution is 2.09. The summed E-state index contributed by atoms with van der Waals surface area (Å²) in [5.41, 5.74) is 0. The van der Waals surface area contributed by atoms with Crippen molar-refractivity contribution in [1.29, 1.82) is 0 Å². The highest BCUT2D eigenvalue weighted by molar-refractivity contribution is 5.78. The van der Waals surface area contributed by atoms with Crippen LogP contribution in [0.15, 0.2) is 0 Å². The first-order valence-corrected chi connectivity index (χ1v) is 5.26. The average molecular weight is 229 g/mol. The van der Waals surface area contributed by atoms with Crippen molar-refractivity contribution in [3.63, 3.8) is 0 Å². The molecule has 7 heteroatoms. The Bertz CT molecular complexity index is 292. The molecule has 1 rings (SSSR count). The predicted octanol–water partition coefficient (Wildman–Crippen LogP) is -0.608. The number of nitro groups is 1. The zero-order valence-electron chi connectivity index (χ0n) is 8.98. The molecule has 0 unspecified atom stereocenters. The van der Waals surface area contributed by atoms with Gasteiger partial charge in [0.25, 0.3) is 12.5 Å². The number of likely N-dealkylation sites (tertiary alicyclic amines) is 1. The molecular formula is C9H15N3O4. The number of hydrogen-bond acceptors (Lipinski definition) is 4. The van der Waals surface area contributed by atoms with Crippen LogP contribution in [0.1, 0.15) is 19.3 Å². The number of nitrogens with one attached hydrogen (secondary N) is 1.